The van der Waals surface area contributed by atoms with Crippen molar-refractivity contribution in [3.8, 4) is 22.3 Å². The Kier molecular flexibility index (Phi) is 6.50. The van der Waals surface area contributed by atoms with E-state index in [4.69, 9.17) is 0 Å². The Balaban J connectivity index is 1.30. The minimum absolute atomic E-state index is 0.131. The van der Waals surface area contributed by atoms with Crippen LogP contribution in [0.2, 0.25) is 0 Å². The fraction of sp³-hybridized carbons (Fsp3) is 0.174. The van der Waals surface area contributed by atoms with Crippen LogP contribution in [0.25, 0.3) is 45.2 Å². The second-order valence-corrected chi connectivity index (χ2v) is 14.3. The Morgan fingerprint density at radius 1 is 0.596 bits per heavy atom. The van der Waals surface area contributed by atoms with Crippen LogP contribution in [-0.4, -0.2) is 0 Å². The summed E-state index contributed by atoms with van der Waals surface area (Å²) in [4.78, 5) is 2.44. The highest BCUT2D eigenvalue weighted by Gasteiger charge is 2.39. The summed E-state index contributed by atoms with van der Waals surface area (Å²) in [6, 6.07) is 41.0. The normalized spacial score (nSPS) is 14.9. The van der Waals surface area contributed by atoms with Gasteiger partial charge < -0.3 is 4.90 Å². The molecule has 0 fully saturated rings. The third-order valence-electron chi connectivity index (χ3n) is 10.8. The van der Waals surface area contributed by atoms with Gasteiger partial charge in [-0.05, 0) is 117 Å². The number of nitrogens with zero attached hydrogens (tertiary/aromatic N) is 1. The minimum Gasteiger partial charge on any atom is -0.310 e. The van der Waals surface area contributed by atoms with Gasteiger partial charge in [0.05, 0.1) is 0 Å². The van der Waals surface area contributed by atoms with Crippen molar-refractivity contribution in [3.05, 3.63) is 161 Å². The number of hydrogen-bond donors (Lipinski definition) is 0. The van der Waals surface area contributed by atoms with Gasteiger partial charge in [-0.2, -0.15) is 0 Å². The SMILES string of the molecule is C=Cc1c(/C=C\C)ccc2c1C(C)(C)c1cc(N(c3ccc(C)cc3)c3ccc4c(c3)C(C)(C)c3c-4ccc4ccccc34)ccc1-2. The predicted octanol–water partition coefficient (Wildman–Crippen LogP) is 12.9. The summed E-state index contributed by atoms with van der Waals surface area (Å²) in [5.74, 6) is 0. The summed E-state index contributed by atoms with van der Waals surface area (Å²) in [7, 11) is 0. The fourth-order valence-corrected chi connectivity index (χ4v) is 8.50. The molecule has 0 radical (unpaired) electrons. The van der Waals surface area contributed by atoms with Gasteiger partial charge in [0.15, 0.2) is 0 Å². The van der Waals surface area contributed by atoms with Crippen LogP contribution in [0, 0.1) is 6.92 Å². The highest BCUT2D eigenvalue weighted by molar-refractivity contribution is 5.98. The summed E-state index contributed by atoms with van der Waals surface area (Å²) in [6.07, 6.45) is 6.34. The number of fused-ring (bicyclic) bond motifs is 8. The highest BCUT2D eigenvalue weighted by Crippen LogP contribution is 2.55. The molecule has 47 heavy (non-hydrogen) atoms. The number of hydrogen-bond acceptors (Lipinski definition) is 1. The first kappa shape index (κ1) is 29.3. The Hall–Kier alpha value is -5.14. The van der Waals surface area contributed by atoms with Crippen molar-refractivity contribution < 1.29 is 0 Å². The largest absolute Gasteiger partial charge is 0.310 e. The first-order chi connectivity index (χ1) is 22.6. The molecule has 6 aromatic rings. The van der Waals surface area contributed by atoms with Gasteiger partial charge >= 0.3 is 0 Å². The van der Waals surface area contributed by atoms with Gasteiger partial charge in [0.1, 0.15) is 0 Å². The van der Waals surface area contributed by atoms with Crippen LogP contribution in [0.5, 0.6) is 0 Å². The average molecular weight is 608 g/mol. The lowest BCUT2D eigenvalue weighted by molar-refractivity contribution is 0.659. The number of rotatable bonds is 5. The topological polar surface area (TPSA) is 3.24 Å². The summed E-state index contributed by atoms with van der Waals surface area (Å²) in [5.41, 5.74) is 17.7. The van der Waals surface area contributed by atoms with E-state index in [9.17, 15) is 0 Å². The Morgan fingerprint density at radius 2 is 1.15 bits per heavy atom. The monoisotopic (exact) mass is 607 g/mol. The maximum Gasteiger partial charge on any atom is 0.0465 e. The molecule has 6 aromatic carbocycles. The van der Waals surface area contributed by atoms with E-state index < -0.39 is 0 Å². The zero-order valence-electron chi connectivity index (χ0n) is 28.3. The van der Waals surface area contributed by atoms with Gasteiger partial charge in [-0.3, -0.25) is 0 Å². The van der Waals surface area contributed by atoms with Gasteiger partial charge in [0.25, 0.3) is 0 Å². The average Bonchev–Trinajstić information content (AvgIpc) is 3.45. The van der Waals surface area contributed by atoms with Gasteiger partial charge in [-0.15, -0.1) is 0 Å². The van der Waals surface area contributed by atoms with Gasteiger partial charge in [0, 0.05) is 27.9 Å². The second kappa shape index (κ2) is 10.4. The number of benzene rings is 6. The summed E-state index contributed by atoms with van der Waals surface area (Å²) in [6.45, 7) is 18.0. The molecule has 2 aliphatic rings. The lowest BCUT2D eigenvalue weighted by Gasteiger charge is -2.30. The van der Waals surface area contributed by atoms with Gasteiger partial charge in [-0.1, -0.05) is 131 Å². The Morgan fingerprint density at radius 3 is 1.79 bits per heavy atom. The molecule has 8 rings (SSSR count). The molecule has 0 atom stereocenters. The van der Waals surface area contributed by atoms with Crippen LogP contribution in [0.4, 0.5) is 17.1 Å². The van der Waals surface area contributed by atoms with Crippen molar-refractivity contribution in [3.63, 3.8) is 0 Å². The van der Waals surface area contributed by atoms with E-state index in [0.717, 1.165) is 5.69 Å². The maximum atomic E-state index is 4.24. The molecular weight excluding hydrogens is 567 g/mol. The summed E-state index contributed by atoms with van der Waals surface area (Å²) >= 11 is 0. The van der Waals surface area contributed by atoms with Crippen LogP contribution >= 0.6 is 0 Å². The molecule has 1 heteroatoms. The van der Waals surface area contributed by atoms with Crippen molar-refractivity contribution in [1.82, 2.24) is 0 Å². The molecule has 0 aliphatic heterocycles. The van der Waals surface area contributed by atoms with E-state index in [-0.39, 0.29) is 10.8 Å². The van der Waals surface area contributed by atoms with Crippen LogP contribution in [0.1, 0.15) is 73.6 Å². The lowest BCUT2D eigenvalue weighted by Crippen LogP contribution is -2.19. The van der Waals surface area contributed by atoms with Crippen molar-refractivity contribution in [2.75, 3.05) is 4.90 Å². The second-order valence-electron chi connectivity index (χ2n) is 14.3. The number of anilines is 3. The van der Waals surface area contributed by atoms with Crippen molar-refractivity contribution in [2.24, 2.45) is 0 Å². The molecule has 0 N–H and O–H groups in total. The number of allylic oxidation sites excluding steroid dienone is 1. The number of aryl methyl sites for hydroxylation is 1. The minimum atomic E-state index is -0.177. The molecule has 0 bridgehead atoms. The molecule has 0 unspecified atom stereocenters. The summed E-state index contributed by atoms with van der Waals surface area (Å²) in [5, 5.41) is 2.65. The first-order valence-electron chi connectivity index (χ1n) is 16.8. The first-order valence-corrected chi connectivity index (χ1v) is 16.8. The van der Waals surface area contributed by atoms with E-state index in [1.54, 1.807) is 0 Å². The molecule has 0 saturated heterocycles. The molecule has 0 saturated carbocycles. The standard InChI is InChI=1S/C46H41N/c1-8-12-30-17-23-39-37-25-21-33(27-41(37)45(4,5)43(39)35(30)9-2)47(32-19-15-29(3)16-20-32)34-22-26-38-40-24-18-31-13-10-11-14-36(31)44(40)46(6,7)42(38)28-34/h8-28H,2H2,1,3-7H3/b12-8-. The van der Waals surface area contributed by atoms with Crippen LogP contribution in [0.3, 0.4) is 0 Å². The van der Waals surface area contributed by atoms with E-state index in [2.05, 4.69) is 174 Å². The zero-order chi connectivity index (χ0) is 32.7. The molecule has 0 spiro atoms. The Labute approximate surface area is 279 Å². The Bertz CT molecular complexity index is 2280. The van der Waals surface area contributed by atoms with Crippen molar-refractivity contribution in [2.45, 2.75) is 52.4 Å². The van der Waals surface area contributed by atoms with Gasteiger partial charge in [0.2, 0.25) is 0 Å². The molecule has 0 heterocycles. The quantitative estimate of drug-likeness (QED) is 0.188. The zero-order valence-corrected chi connectivity index (χ0v) is 28.3. The van der Waals surface area contributed by atoms with E-state index >= 15 is 0 Å². The molecule has 230 valence electrons. The third kappa shape index (κ3) is 4.22. The van der Waals surface area contributed by atoms with E-state index in [1.165, 1.54) is 83.3 Å². The van der Waals surface area contributed by atoms with Crippen LogP contribution in [-0.2, 0) is 10.8 Å². The molecule has 2 aliphatic carbocycles. The molecule has 0 amide bonds. The van der Waals surface area contributed by atoms with Gasteiger partial charge in [-0.25, -0.2) is 0 Å². The maximum absolute atomic E-state index is 4.24. The van der Waals surface area contributed by atoms with E-state index in [0.29, 0.717) is 0 Å². The molecule has 0 aromatic heterocycles. The lowest BCUT2D eigenvalue weighted by atomic mass is 9.79. The third-order valence-corrected chi connectivity index (χ3v) is 10.8. The fourth-order valence-electron chi connectivity index (χ4n) is 8.50. The predicted molar refractivity (Wildman–Crippen MR) is 203 cm³/mol. The van der Waals surface area contributed by atoms with Crippen molar-refractivity contribution >= 4 is 40.0 Å². The van der Waals surface area contributed by atoms with Crippen molar-refractivity contribution in [1.29, 1.82) is 0 Å². The molecule has 1 nitrogen and oxygen atoms in total. The smallest absolute Gasteiger partial charge is 0.0465 e. The molecular formula is C46H41N. The summed E-state index contributed by atoms with van der Waals surface area (Å²) < 4.78 is 0. The van der Waals surface area contributed by atoms with Crippen LogP contribution < -0.4 is 4.90 Å². The van der Waals surface area contributed by atoms with E-state index in [1.807, 2.05) is 6.08 Å². The highest BCUT2D eigenvalue weighted by atomic mass is 15.1. The van der Waals surface area contributed by atoms with Crippen LogP contribution in [0.15, 0.2) is 122 Å².